The van der Waals surface area contributed by atoms with Crippen LogP contribution in [0, 0.1) is 0 Å². The van der Waals surface area contributed by atoms with Crippen molar-refractivity contribution in [1.29, 1.82) is 0 Å². The van der Waals surface area contributed by atoms with E-state index >= 15 is 0 Å². The predicted octanol–water partition coefficient (Wildman–Crippen LogP) is -0.666. The third kappa shape index (κ3) is 3.20. The Hall–Kier alpha value is -1.33. The zero-order valence-electron chi connectivity index (χ0n) is 7.80. The van der Waals surface area contributed by atoms with Crippen LogP contribution >= 0.6 is 0 Å². The van der Waals surface area contributed by atoms with Crippen LogP contribution in [0.3, 0.4) is 0 Å². The van der Waals surface area contributed by atoms with Crippen LogP contribution in [-0.2, 0) is 4.79 Å². The summed E-state index contributed by atoms with van der Waals surface area (Å²) in [6.07, 6.45) is 0. The van der Waals surface area contributed by atoms with Crippen molar-refractivity contribution in [1.82, 2.24) is 0 Å². The standard InChI is InChI=1S/C9H11BO4/c1-7(11)6-14-9-4-2-8(3-5-9)10(12)13/h2-5,12-13H,6H2,1H3. The number of carbonyl (C=O) groups excluding carboxylic acids is 1. The van der Waals surface area contributed by atoms with Crippen molar-refractivity contribution < 1.29 is 19.6 Å². The van der Waals surface area contributed by atoms with E-state index in [1.54, 1.807) is 12.1 Å². The summed E-state index contributed by atoms with van der Waals surface area (Å²) in [6.45, 7) is 1.47. The fourth-order valence-corrected chi connectivity index (χ4v) is 0.921. The van der Waals surface area contributed by atoms with Crippen molar-refractivity contribution in [3.05, 3.63) is 24.3 Å². The topological polar surface area (TPSA) is 66.8 Å². The van der Waals surface area contributed by atoms with E-state index in [2.05, 4.69) is 0 Å². The first-order valence-electron chi connectivity index (χ1n) is 4.18. The molecule has 74 valence electrons. The second-order valence-electron chi connectivity index (χ2n) is 2.93. The van der Waals surface area contributed by atoms with Crippen LogP contribution in [-0.4, -0.2) is 29.6 Å². The highest BCUT2D eigenvalue weighted by Crippen LogP contribution is 2.07. The van der Waals surface area contributed by atoms with Crippen LogP contribution in [0.4, 0.5) is 0 Å². The predicted molar refractivity (Wildman–Crippen MR) is 52.4 cm³/mol. The maximum atomic E-state index is 10.6. The van der Waals surface area contributed by atoms with Gasteiger partial charge in [0.2, 0.25) is 0 Å². The Morgan fingerprint density at radius 3 is 2.36 bits per heavy atom. The molecule has 0 unspecified atom stereocenters. The van der Waals surface area contributed by atoms with E-state index in [0.29, 0.717) is 11.2 Å². The maximum Gasteiger partial charge on any atom is 0.488 e. The summed E-state index contributed by atoms with van der Waals surface area (Å²) in [5, 5.41) is 17.6. The Balaban J connectivity index is 2.59. The maximum absolute atomic E-state index is 10.6. The number of ketones is 1. The molecule has 0 aliphatic heterocycles. The molecule has 14 heavy (non-hydrogen) atoms. The molecule has 0 saturated heterocycles. The zero-order chi connectivity index (χ0) is 10.6. The molecule has 0 aromatic heterocycles. The van der Waals surface area contributed by atoms with E-state index in [-0.39, 0.29) is 12.4 Å². The van der Waals surface area contributed by atoms with E-state index in [1.165, 1.54) is 19.1 Å². The highest BCUT2D eigenvalue weighted by atomic mass is 16.5. The molecule has 1 aromatic carbocycles. The largest absolute Gasteiger partial charge is 0.488 e. The summed E-state index contributed by atoms with van der Waals surface area (Å²) >= 11 is 0. The van der Waals surface area contributed by atoms with Crippen molar-refractivity contribution in [3.8, 4) is 5.75 Å². The number of hydrogen-bond acceptors (Lipinski definition) is 4. The Bertz CT molecular complexity index is 307. The van der Waals surface area contributed by atoms with Crippen molar-refractivity contribution in [2.75, 3.05) is 6.61 Å². The van der Waals surface area contributed by atoms with E-state index in [0.717, 1.165) is 0 Å². The van der Waals surface area contributed by atoms with Gasteiger partial charge < -0.3 is 14.8 Å². The van der Waals surface area contributed by atoms with Gasteiger partial charge in [-0.25, -0.2) is 0 Å². The third-order valence-electron chi connectivity index (χ3n) is 1.62. The lowest BCUT2D eigenvalue weighted by Gasteiger charge is -2.04. The number of Topliss-reactive ketones (excluding diaryl/α,β-unsaturated/α-hetero) is 1. The van der Waals surface area contributed by atoms with E-state index < -0.39 is 7.12 Å². The highest BCUT2D eigenvalue weighted by Gasteiger charge is 2.09. The monoisotopic (exact) mass is 194 g/mol. The molecule has 0 radical (unpaired) electrons. The summed E-state index contributed by atoms with van der Waals surface area (Å²) in [7, 11) is -1.48. The average molecular weight is 194 g/mol. The van der Waals surface area contributed by atoms with E-state index in [1.807, 2.05) is 0 Å². The molecule has 0 bridgehead atoms. The van der Waals surface area contributed by atoms with Gasteiger partial charge in [-0.1, -0.05) is 12.1 Å². The van der Waals surface area contributed by atoms with Gasteiger partial charge in [-0.05, 0) is 24.5 Å². The Morgan fingerprint density at radius 1 is 1.36 bits per heavy atom. The third-order valence-corrected chi connectivity index (χ3v) is 1.62. The summed E-state index contributed by atoms with van der Waals surface area (Å²) in [5.74, 6) is 0.473. The molecule has 0 fully saturated rings. The first-order chi connectivity index (χ1) is 6.59. The second kappa shape index (κ2) is 4.78. The van der Waals surface area contributed by atoms with Gasteiger partial charge in [0, 0.05) is 0 Å². The van der Waals surface area contributed by atoms with Crippen LogP contribution in [0.2, 0.25) is 0 Å². The molecule has 0 spiro atoms. The van der Waals surface area contributed by atoms with Crippen LogP contribution < -0.4 is 10.2 Å². The first-order valence-corrected chi connectivity index (χ1v) is 4.18. The number of ether oxygens (including phenoxy) is 1. The van der Waals surface area contributed by atoms with Crippen LogP contribution in [0.1, 0.15) is 6.92 Å². The summed E-state index contributed by atoms with van der Waals surface area (Å²) in [6, 6.07) is 6.22. The van der Waals surface area contributed by atoms with Gasteiger partial charge in [0.05, 0.1) is 0 Å². The molecule has 0 saturated carbocycles. The van der Waals surface area contributed by atoms with Crippen molar-refractivity contribution in [2.24, 2.45) is 0 Å². The minimum absolute atomic E-state index is 0.0288. The lowest BCUT2D eigenvalue weighted by atomic mass is 9.80. The lowest BCUT2D eigenvalue weighted by Crippen LogP contribution is -2.29. The lowest BCUT2D eigenvalue weighted by molar-refractivity contribution is -0.118. The molecular weight excluding hydrogens is 183 g/mol. The molecule has 1 rings (SSSR count). The molecule has 4 nitrogen and oxygen atoms in total. The van der Waals surface area contributed by atoms with Gasteiger partial charge in [0.1, 0.15) is 12.4 Å². The molecule has 5 heteroatoms. The minimum Gasteiger partial charge on any atom is -0.486 e. The average Bonchev–Trinajstić information content (AvgIpc) is 2.15. The van der Waals surface area contributed by atoms with Crippen molar-refractivity contribution in [2.45, 2.75) is 6.92 Å². The number of carbonyl (C=O) groups is 1. The number of benzene rings is 1. The fraction of sp³-hybridized carbons (Fsp3) is 0.222. The second-order valence-corrected chi connectivity index (χ2v) is 2.93. The summed E-state index contributed by atoms with van der Waals surface area (Å²) in [5.41, 5.74) is 0.389. The van der Waals surface area contributed by atoms with Gasteiger partial charge in [0.15, 0.2) is 5.78 Å². The molecule has 0 heterocycles. The fourth-order valence-electron chi connectivity index (χ4n) is 0.921. The molecule has 1 aromatic rings. The Kier molecular flexibility index (Phi) is 3.68. The van der Waals surface area contributed by atoms with E-state index in [9.17, 15) is 4.79 Å². The summed E-state index contributed by atoms with van der Waals surface area (Å²) in [4.78, 5) is 10.6. The normalized spacial score (nSPS) is 9.64. The quantitative estimate of drug-likeness (QED) is 0.624. The van der Waals surface area contributed by atoms with Crippen molar-refractivity contribution >= 4 is 18.4 Å². The zero-order valence-corrected chi connectivity index (χ0v) is 7.80. The Labute approximate surface area is 82.3 Å². The first kappa shape index (κ1) is 10.8. The number of rotatable bonds is 4. The molecule has 0 amide bonds. The van der Waals surface area contributed by atoms with Gasteiger partial charge in [-0.2, -0.15) is 0 Å². The van der Waals surface area contributed by atoms with Crippen LogP contribution in [0.5, 0.6) is 5.75 Å². The van der Waals surface area contributed by atoms with Gasteiger partial charge in [0.25, 0.3) is 0 Å². The highest BCUT2D eigenvalue weighted by molar-refractivity contribution is 6.58. The van der Waals surface area contributed by atoms with Crippen molar-refractivity contribution in [3.63, 3.8) is 0 Å². The molecule has 0 atom stereocenters. The SMILES string of the molecule is CC(=O)COc1ccc(B(O)O)cc1. The molecule has 0 aliphatic rings. The summed E-state index contributed by atoms with van der Waals surface area (Å²) < 4.78 is 5.09. The van der Waals surface area contributed by atoms with Crippen LogP contribution in [0.15, 0.2) is 24.3 Å². The van der Waals surface area contributed by atoms with Gasteiger partial charge in [-0.15, -0.1) is 0 Å². The molecule has 0 aliphatic carbocycles. The van der Waals surface area contributed by atoms with Crippen LogP contribution in [0.25, 0.3) is 0 Å². The van der Waals surface area contributed by atoms with Gasteiger partial charge >= 0.3 is 7.12 Å². The Morgan fingerprint density at radius 2 is 1.93 bits per heavy atom. The van der Waals surface area contributed by atoms with Gasteiger partial charge in [-0.3, -0.25) is 4.79 Å². The minimum atomic E-state index is -1.48. The number of hydrogen-bond donors (Lipinski definition) is 2. The smallest absolute Gasteiger partial charge is 0.486 e. The molecule has 2 N–H and O–H groups in total. The molecular formula is C9H11BO4. The van der Waals surface area contributed by atoms with E-state index in [4.69, 9.17) is 14.8 Å².